The molecule has 2 heteroatoms. The van der Waals surface area contributed by atoms with E-state index in [2.05, 4.69) is 37.4 Å². The summed E-state index contributed by atoms with van der Waals surface area (Å²) in [6.45, 7) is 5.48. The van der Waals surface area contributed by atoms with Gasteiger partial charge in [-0.3, -0.25) is 0 Å². The van der Waals surface area contributed by atoms with Gasteiger partial charge in [0.05, 0.1) is 11.4 Å². The Labute approximate surface area is 111 Å². The topological polar surface area (TPSA) is 38.0 Å². The minimum atomic E-state index is 0.898. The molecule has 2 nitrogen and oxygen atoms in total. The van der Waals surface area contributed by atoms with E-state index in [-0.39, 0.29) is 0 Å². The van der Waals surface area contributed by atoms with Gasteiger partial charge in [0.1, 0.15) is 0 Å². The predicted molar refractivity (Wildman–Crippen MR) is 79.8 cm³/mol. The lowest BCUT2D eigenvalue weighted by atomic mass is 9.81. The second-order valence-corrected chi connectivity index (χ2v) is 5.88. The molecule has 0 aromatic heterocycles. The molecule has 0 amide bonds. The Morgan fingerprint density at radius 1 is 1.22 bits per heavy atom. The van der Waals surface area contributed by atoms with Crippen LogP contribution in [0.2, 0.25) is 0 Å². The summed E-state index contributed by atoms with van der Waals surface area (Å²) in [4.78, 5) is 0. The first-order valence-corrected chi connectivity index (χ1v) is 7.25. The van der Waals surface area contributed by atoms with Crippen LogP contribution >= 0.6 is 0 Å². The molecule has 0 radical (unpaired) electrons. The van der Waals surface area contributed by atoms with E-state index in [9.17, 15) is 0 Å². The number of nitrogens with two attached hydrogens (primary N) is 1. The molecule has 1 saturated carbocycles. The summed E-state index contributed by atoms with van der Waals surface area (Å²) in [5.74, 6) is 1.86. The Hall–Kier alpha value is -1.18. The van der Waals surface area contributed by atoms with Crippen LogP contribution in [0.3, 0.4) is 0 Å². The molecule has 0 saturated heterocycles. The third-order valence-electron chi connectivity index (χ3n) is 4.33. The second-order valence-electron chi connectivity index (χ2n) is 5.88. The average molecular weight is 246 g/mol. The molecule has 0 spiro atoms. The highest BCUT2D eigenvalue weighted by Crippen LogP contribution is 2.30. The molecule has 2 rings (SSSR count). The van der Waals surface area contributed by atoms with Gasteiger partial charge < -0.3 is 11.1 Å². The molecule has 0 heterocycles. The van der Waals surface area contributed by atoms with E-state index in [1.807, 2.05) is 0 Å². The number of rotatable bonds is 4. The van der Waals surface area contributed by atoms with Gasteiger partial charge in [-0.15, -0.1) is 0 Å². The number of hydrogen-bond donors (Lipinski definition) is 2. The molecule has 100 valence electrons. The summed E-state index contributed by atoms with van der Waals surface area (Å²) in [6, 6.07) is 6.20. The van der Waals surface area contributed by atoms with Crippen LogP contribution in [0.4, 0.5) is 11.4 Å². The van der Waals surface area contributed by atoms with Crippen molar-refractivity contribution >= 4 is 11.4 Å². The predicted octanol–water partition coefficient (Wildman–Crippen LogP) is 4.21. The molecule has 0 aliphatic heterocycles. The first kappa shape index (κ1) is 13.3. The third-order valence-corrected chi connectivity index (χ3v) is 4.33. The lowest BCUT2D eigenvalue weighted by Gasteiger charge is -2.26. The molecule has 0 unspecified atom stereocenters. The van der Waals surface area contributed by atoms with Crippen molar-refractivity contribution in [3.8, 4) is 0 Å². The van der Waals surface area contributed by atoms with Gasteiger partial charge in [0.15, 0.2) is 0 Å². The molecule has 1 aliphatic carbocycles. The second kappa shape index (κ2) is 6.12. The number of para-hydroxylation sites is 1. The fourth-order valence-electron chi connectivity index (χ4n) is 2.86. The highest BCUT2D eigenvalue weighted by atomic mass is 14.9. The molecule has 1 aromatic rings. The largest absolute Gasteiger partial charge is 0.397 e. The van der Waals surface area contributed by atoms with E-state index in [1.165, 1.54) is 32.1 Å². The number of benzene rings is 1. The number of hydrogen-bond acceptors (Lipinski definition) is 2. The summed E-state index contributed by atoms with van der Waals surface area (Å²) in [7, 11) is 0. The van der Waals surface area contributed by atoms with Crippen LogP contribution in [0.15, 0.2) is 18.2 Å². The summed E-state index contributed by atoms with van der Waals surface area (Å²) >= 11 is 0. The van der Waals surface area contributed by atoms with Crippen LogP contribution < -0.4 is 11.1 Å². The van der Waals surface area contributed by atoms with Crippen molar-refractivity contribution in [1.29, 1.82) is 0 Å². The zero-order valence-electron chi connectivity index (χ0n) is 11.7. The van der Waals surface area contributed by atoms with Gasteiger partial charge in [-0.2, -0.15) is 0 Å². The van der Waals surface area contributed by atoms with Gasteiger partial charge in [-0.05, 0) is 36.8 Å². The minimum Gasteiger partial charge on any atom is -0.397 e. The smallest absolute Gasteiger partial charge is 0.0579 e. The first-order chi connectivity index (χ1) is 8.66. The third kappa shape index (κ3) is 3.41. The van der Waals surface area contributed by atoms with Crippen molar-refractivity contribution in [2.24, 2.45) is 11.8 Å². The van der Waals surface area contributed by atoms with Crippen LogP contribution in [0.5, 0.6) is 0 Å². The molecule has 1 aromatic carbocycles. The molecule has 0 bridgehead atoms. The molecule has 1 fully saturated rings. The van der Waals surface area contributed by atoms with Crippen LogP contribution in [0.1, 0.15) is 44.6 Å². The zero-order chi connectivity index (χ0) is 13.0. The Morgan fingerprint density at radius 3 is 2.67 bits per heavy atom. The average Bonchev–Trinajstić information content (AvgIpc) is 2.37. The Balaban J connectivity index is 1.77. The summed E-state index contributed by atoms with van der Waals surface area (Å²) < 4.78 is 0. The van der Waals surface area contributed by atoms with Crippen LogP contribution in [0, 0.1) is 18.8 Å². The van der Waals surface area contributed by atoms with Crippen molar-refractivity contribution in [1.82, 2.24) is 0 Å². The Kier molecular flexibility index (Phi) is 4.51. The van der Waals surface area contributed by atoms with Crippen molar-refractivity contribution in [2.45, 2.75) is 46.0 Å². The zero-order valence-corrected chi connectivity index (χ0v) is 11.7. The molecule has 18 heavy (non-hydrogen) atoms. The molecule has 3 N–H and O–H groups in total. The summed E-state index contributed by atoms with van der Waals surface area (Å²) in [5, 5.41) is 3.49. The van der Waals surface area contributed by atoms with E-state index in [4.69, 9.17) is 5.73 Å². The standard InChI is InChI=1S/C16H26N2/c1-12-6-8-14(9-7-12)10-11-18-15-5-3-4-13(2)16(15)17/h3-5,12,14,18H,6-11,17H2,1-2H3. The Bertz CT molecular complexity index is 379. The fourth-order valence-corrected chi connectivity index (χ4v) is 2.86. The lowest BCUT2D eigenvalue weighted by molar-refractivity contribution is 0.282. The summed E-state index contributed by atoms with van der Waals surface area (Å²) in [5.41, 5.74) is 9.21. The molecule has 1 aliphatic rings. The maximum absolute atomic E-state index is 6.06. The molecular weight excluding hydrogens is 220 g/mol. The van der Waals surface area contributed by atoms with Gasteiger partial charge in [0, 0.05) is 6.54 Å². The van der Waals surface area contributed by atoms with Crippen molar-refractivity contribution in [2.75, 3.05) is 17.6 Å². The summed E-state index contributed by atoms with van der Waals surface area (Å²) in [6.07, 6.45) is 6.92. The van der Waals surface area contributed by atoms with E-state index in [0.717, 1.165) is 35.3 Å². The minimum absolute atomic E-state index is 0.898. The highest BCUT2D eigenvalue weighted by molar-refractivity contribution is 5.69. The fraction of sp³-hybridized carbons (Fsp3) is 0.625. The maximum atomic E-state index is 6.06. The lowest BCUT2D eigenvalue weighted by Crippen LogP contribution is -2.16. The monoisotopic (exact) mass is 246 g/mol. The van der Waals surface area contributed by atoms with Gasteiger partial charge in [-0.1, -0.05) is 44.7 Å². The van der Waals surface area contributed by atoms with Gasteiger partial charge in [0.25, 0.3) is 0 Å². The van der Waals surface area contributed by atoms with E-state index in [0.29, 0.717) is 0 Å². The quantitative estimate of drug-likeness (QED) is 0.781. The van der Waals surface area contributed by atoms with Gasteiger partial charge in [0.2, 0.25) is 0 Å². The number of aryl methyl sites for hydroxylation is 1. The van der Waals surface area contributed by atoms with Crippen molar-refractivity contribution in [3.63, 3.8) is 0 Å². The van der Waals surface area contributed by atoms with Crippen LogP contribution in [0.25, 0.3) is 0 Å². The van der Waals surface area contributed by atoms with Crippen molar-refractivity contribution in [3.05, 3.63) is 23.8 Å². The Morgan fingerprint density at radius 2 is 1.94 bits per heavy atom. The number of nitrogen functional groups attached to an aromatic ring is 1. The van der Waals surface area contributed by atoms with Gasteiger partial charge in [-0.25, -0.2) is 0 Å². The van der Waals surface area contributed by atoms with E-state index >= 15 is 0 Å². The van der Waals surface area contributed by atoms with E-state index < -0.39 is 0 Å². The van der Waals surface area contributed by atoms with Crippen LogP contribution in [-0.4, -0.2) is 6.54 Å². The molecular formula is C16H26N2. The van der Waals surface area contributed by atoms with E-state index in [1.54, 1.807) is 0 Å². The van der Waals surface area contributed by atoms with Gasteiger partial charge >= 0.3 is 0 Å². The maximum Gasteiger partial charge on any atom is 0.0579 e. The molecule has 0 atom stereocenters. The van der Waals surface area contributed by atoms with Crippen LogP contribution in [-0.2, 0) is 0 Å². The highest BCUT2D eigenvalue weighted by Gasteiger charge is 2.17. The normalized spacial score (nSPS) is 23.9. The SMILES string of the molecule is Cc1cccc(NCCC2CCC(C)CC2)c1N. The first-order valence-electron chi connectivity index (χ1n) is 7.25. The number of anilines is 2. The van der Waals surface area contributed by atoms with Crippen molar-refractivity contribution < 1.29 is 0 Å². The number of nitrogens with one attached hydrogen (secondary N) is 1.